The van der Waals surface area contributed by atoms with E-state index in [1.54, 1.807) is 12.1 Å². The van der Waals surface area contributed by atoms with Crippen LogP contribution in [-0.4, -0.2) is 57.7 Å². The number of carbonyl (C=O) groups is 1. The van der Waals surface area contributed by atoms with Crippen molar-refractivity contribution in [3.8, 4) is 0 Å². The van der Waals surface area contributed by atoms with E-state index in [1.807, 2.05) is 0 Å². The molecule has 2 heterocycles. The Morgan fingerprint density at radius 3 is 1.54 bits per heavy atom. The molecular weight excluding hydrogens is 384 g/mol. The zero-order valence-electron chi connectivity index (χ0n) is 13.5. The molecule has 2 aromatic rings. The third-order valence-electron chi connectivity index (χ3n) is 3.06. The van der Waals surface area contributed by atoms with Crippen LogP contribution < -0.4 is 0 Å². The normalized spacial score (nSPS) is 11.7. The zero-order chi connectivity index (χ0) is 19.0. The van der Waals surface area contributed by atoms with Gasteiger partial charge in [0, 0.05) is 12.4 Å². The van der Waals surface area contributed by atoms with Crippen molar-refractivity contribution in [2.75, 3.05) is 24.7 Å². The molecule has 0 saturated heterocycles. The van der Waals surface area contributed by atoms with Crippen LogP contribution in [0, 0.1) is 0 Å². The van der Waals surface area contributed by atoms with Gasteiger partial charge in [0.1, 0.15) is 13.2 Å². The lowest BCUT2D eigenvalue weighted by Crippen LogP contribution is -2.20. The summed E-state index contributed by atoms with van der Waals surface area (Å²) in [5.74, 6) is -0.934. The van der Waals surface area contributed by atoms with Gasteiger partial charge < -0.3 is 9.47 Å². The Morgan fingerprint density at radius 2 is 1.19 bits per heavy atom. The monoisotopic (exact) mass is 400 g/mol. The van der Waals surface area contributed by atoms with Crippen LogP contribution in [0.3, 0.4) is 0 Å². The van der Waals surface area contributed by atoms with Crippen LogP contribution in [0.25, 0.3) is 0 Å². The predicted octanol–water partition coefficient (Wildman–Crippen LogP) is 0.877. The maximum absolute atomic E-state index is 11.9. The lowest BCUT2D eigenvalue weighted by molar-refractivity contribution is 0.0640. The average Bonchev–Trinajstić information content (AvgIpc) is 2.63. The van der Waals surface area contributed by atoms with Gasteiger partial charge in [-0.25, -0.2) is 31.6 Å². The number of nitrogens with zero attached hydrogens (tertiary/aromatic N) is 2. The van der Waals surface area contributed by atoms with E-state index in [0.717, 1.165) is 0 Å². The van der Waals surface area contributed by atoms with Gasteiger partial charge >= 0.3 is 6.16 Å². The fraction of sp³-hybridized carbons (Fsp3) is 0.267. The molecule has 0 N–H and O–H groups in total. The van der Waals surface area contributed by atoms with Crippen molar-refractivity contribution in [2.24, 2.45) is 0 Å². The van der Waals surface area contributed by atoms with Crippen LogP contribution in [0.15, 0.2) is 58.8 Å². The number of carbonyl (C=O) groups excluding carboxylic acids is 1. The molecular formula is C15H16N2O7S2. The number of pyridine rings is 2. The third-order valence-corrected chi connectivity index (χ3v) is 6.22. The van der Waals surface area contributed by atoms with Gasteiger partial charge in [0.15, 0.2) is 29.7 Å². The van der Waals surface area contributed by atoms with E-state index in [0.29, 0.717) is 0 Å². The summed E-state index contributed by atoms with van der Waals surface area (Å²) < 4.78 is 57.0. The fourth-order valence-corrected chi connectivity index (χ4v) is 3.82. The highest BCUT2D eigenvalue weighted by atomic mass is 32.2. The van der Waals surface area contributed by atoms with E-state index < -0.39 is 50.5 Å². The first kappa shape index (κ1) is 19.8. The summed E-state index contributed by atoms with van der Waals surface area (Å²) >= 11 is 0. The minimum Gasteiger partial charge on any atom is -0.433 e. The van der Waals surface area contributed by atoms with Crippen LogP contribution in [-0.2, 0) is 29.1 Å². The van der Waals surface area contributed by atoms with E-state index in [4.69, 9.17) is 0 Å². The number of ether oxygens (including phenoxy) is 2. The molecule has 26 heavy (non-hydrogen) atoms. The molecule has 11 heteroatoms. The van der Waals surface area contributed by atoms with Crippen LogP contribution >= 0.6 is 0 Å². The molecule has 0 fully saturated rings. The van der Waals surface area contributed by atoms with Crippen LogP contribution in [0.1, 0.15) is 0 Å². The van der Waals surface area contributed by atoms with E-state index in [1.165, 1.54) is 36.7 Å². The summed E-state index contributed by atoms with van der Waals surface area (Å²) in [4.78, 5) is 18.9. The molecule has 0 saturated carbocycles. The van der Waals surface area contributed by atoms with Gasteiger partial charge in [-0.15, -0.1) is 0 Å². The maximum atomic E-state index is 11.9. The van der Waals surface area contributed by atoms with Crippen molar-refractivity contribution in [1.82, 2.24) is 9.97 Å². The molecule has 0 aromatic carbocycles. The van der Waals surface area contributed by atoms with E-state index in [9.17, 15) is 21.6 Å². The van der Waals surface area contributed by atoms with E-state index in [2.05, 4.69) is 19.4 Å². The van der Waals surface area contributed by atoms with Crippen molar-refractivity contribution < 1.29 is 31.1 Å². The lowest BCUT2D eigenvalue weighted by atomic mass is 10.5. The molecule has 0 spiro atoms. The molecule has 0 unspecified atom stereocenters. The van der Waals surface area contributed by atoms with E-state index in [-0.39, 0.29) is 10.1 Å². The number of sulfone groups is 2. The Bertz CT molecular complexity index is 853. The molecule has 0 aliphatic heterocycles. The molecule has 0 radical (unpaired) electrons. The quantitative estimate of drug-likeness (QED) is 0.593. The summed E-state index contributed by atoms with van der Waals surface area (Å²) in [6, 6.07) is 8.86. The van der Waals surface area contributed by atoms with Gasteiger partial charge in [-0.3, -0.25) is 0 Å². The predicted molar refractivity (Wildman–Crippen MR) is 89.9 cm³/mol. The highest BCUT2D eigenvalue weighted by molar-refractivity contribution is 7.91. The summed E-state index contributed by atoms with van der Waals surface area (Å²) in [5.41, 5.74) is 0. The lowest BCUT2D eigenvalue weighted by Gasteiger charge is -2.07. The summed E-state index contributed by atoms with van der Waals surface area (Å²) in [7, 11) is -7.37. The van der Waals surface area contributed by atoms with Crippen LogP contribution in [0.4, 0.5) is 4.79 Å². The van der Waals surface area contributed by atoms with Crippen molar-refractivity contribution in [3.05, 3.63) is 48.8 Å². The highest BCUT2D eigenvalue weighted by Gasteiger charge is 2.19. The summed E-state index contributed by atoms with van der Waals surface area (Å²) in [5, 5.41) is -0.253. The molecule has 9 nitrogen and oxygen atoms in total. The average molecular weight is 400 g/mol. The first-order chi connectivity index (χ1) is 12.3. The molecule has 0 atom stereocenters. The fourth-order valence-electron chi connectivity index (χ4n) is 1.78. The summed E-state index contributed by atoms with van der Waals surface area (Å²) in [6.07, 6.45) is 1.52. The van der Waals surface area contributed by atoms with Gasteiger partial charge in [0.2, 0.25) is 0 Å². The second kappa shape index (κ2) is 8.72. The third kappa shape index (κ3) is 5.77. The van der Waals surface area contributed by atoms with Crippen LogP contribution in [0.5, 0.6) is 0 Å². The molecule has 0 amide bonds. The minimum atomic E-state index is -3.68. The minimum absolute atomic E-state index is 0.126. The Kier molecular flexibility index (Phi) is 6.64. The first-order valence-corrected chi connectivity index (χ1v) is 10.7. The SMILES string of the molecule is O=C(OCCS(=O)(=O)c1ccccn1)OCCS(=O)(=O)c1ccccn1. The smallest absolute Gasteiger partial charge is 0.433 e. The molecule has 140 valence electrons. The first-order valence-electron chi connectivity index (χ1n) is 7.38. The largest absolute Gasteiger partial charge is 0.508 e. The van der Waals surface area contributed by atoms with E-state index >= 15 is 0 Å². The number of hydrogen-bond donors (Lipinski definition) is 0. The van der Waals surface area contributed by atoms with Crippen molar-refractivity contribution in [1.29, 1.82) is 0 Å². The molecule has 0 aliphatic carbocycles. The Hall–Kier alpha value is -2.53. The van der Waals surface area contributed by atoms with Gasteiger partial charge in [-0.05, 0) is 24.3 Å². The highest BCUT2D eigenvalue weighted by Crippen LogP contribution is 2.08. The van der Waals surface area contributed by atoms with Gasteiger partial charge in [-0.2, -0.15) is 0 Å². The molecule has 0 bridgehead atoms. The molecule has 2 aromatic heterocycles. The maximum Gasteiger partial charge on any atom is 0.508 e. The van der Waals surface area contributed by atoms with Crippen LogP contribution in [0.2, 0.25) is 0 Å². The van der Waals surface area contributed by atoms with Gasteiger partial charge in [0.25, 0.3) is 0 Å². The van der Waals surface area contributed by atoms with Crippen molar-refractivity contribution >= 4 is 25.8 Å². The molecule has 0 aliphatic rings. The number of rotatable bonds is 8. The Labute approximate surface area is 150 Å². The molecule has 2 rings (SSSR count). The summed E-state index contributed by atoms with van der Waals surface area (Å²) in [6.45, 7) is -0.880. The second-order valence-electron chi connectivity index (χ2n) is 4.92. The second-order valence-corrected chi connectivity index (χ2v) is 9.03. The zero-order valence-corrected chi connectivity index (χ0v) is 15.1. The van der Waals surface area contributed by atoms with Crippen molar-refractivity contribution in [3.63, 3.8) is 0 Å². The number of hydrogen-bond acceptors (Lipinski definition) is 9. The Balaban J connectivity index is 1.74. The topological polar surface area (TPSA) is 130 Å². The number of aromatic nitrogens is 2. The standard InChI is InChI=1S/C15H16N2O7S2/c18-15(23-9-11-25(19,20)13-5-1-3-7-16-13)24-10-12-26(21,22)14-6-2-4-8-17-14/h1-8H,9-12H2. The van der Waals surface area contributed by atoms with Gasteiger partial charge in [0.05, 0.1) is 11.5 Å². The Morgan fingerprint density at radius 1 is 0.769 bits per heavy atom. The van der Waals surface area contributed by atoms with Crippen molar-refractivity contribution in [2.45, 2.75) is 10.1 Å². The van der Waals surface area contributed by atoms with Gasteiger partial charge in [-0.1, -0.05) is 12.1 Å².